The van der Waals surface area contributed by atoms with Crippen molar-refractivity contribution < 1.29 is 14.3 Å². The van der Waals surface area contributed by atoms with Crippen molar-refractivity contribution in [3.63, 3.8) is 0 Å². The van der Waals surface area contributed by atoms with E-state index in [0.29, 0.717) is 23.2 Å². The second-order valence-electron chi connectivity index (χ2n) is 8.22. The van der Waals surface area contributed by atoms with Crippen molar-refractivity contribution in [1.82, 2.24) is 9.97 Å². The van der Waals surface area contributed by atoms with Gasteiger partial charge in [-0.05, 0) is 66.1 Å². The molecule has 2 heterocycles. The summed E-state index contributed by atoms with van der Waals surface area (Å²) < 4.78 is 14.2. The van der Waals surface area contributed by atoms with E-state index in [-0.39, 0.29) is 23.5 Å². The van der Waals surface area contributed by atoms with E-state index < -0.39 is 5.82 Å². The fraction of sp³-hybridized carbons (Fsp3) is 0.320. The highest BCUT2D eigenvalue weighted by molar-refractivity contribution is 5.96. The number of hydrogen-bond acceptors (Lipinski definition) is 4. The van der Waals surface area contributed by atoms with Gasteiger partial charge in [0.1, 0.15) is 17.3 Å². The Balaban J connectivity index is 1.58. The molecule has 154 valence electrons. The molecule has 5 heteroatoms. The fourth-order valence-electron chi connectivity index (χ4n) is 4.42. The number of aromatic nitrogens is 2. The van der Waals surface area contributed by atoms with E-state index in [4.69, 9.17) is 0 Å². The summed E-state index contributed by atoms with van der Waals surface area (Å²) in [5.41, 5.74) is 3.08. The van der Waals surface area contributed by atoms with E-state index in [0.717, 1.165) is 24.5 Å². The quantitative estimate of drug-likeness (QED) is 0.554. The number of Topliss-reactive ketones (excluding diaryl/α,β-unsaturated/α-hetero) is 1. The standard InChI is InChI=1S/C25H25FN2O2/c1-16-4-2-5-17(12-16)20-10-11-27-15-18(20)13-25(30)24-7-3-6-23(28-24)21-9-8-19(29)14-22(21)26/h3,6-11,14-17,29H,2,4-5,12-13H2,1H3/t16-,17+/m0/s1. The highest BCUT2D eigenvalue weighted by atomic mass is 19.1. The summed E-state index contributed by atoms with van der Waals surface area (Å²) in [6, 6.07) is 11.0. The second-order valence-corrected chi connectivity index (χ2v) is 8.22. The van der Waals surface area contributed by atoms with Gasteiger partial charge < -0.3 is 5.11 Å². The number of halogens is 1. The molecule has 4 rings (SSSR count). The van der Waals surface area contributed by atoms with Crippen LogP contribution in [0.2, 0.25) is 0 Å². The van der Waals surface area contributed by atoms with Gasteiger partial charge in [-0.1, -0.05) is 25.8 Å². The third-order valence-corrected chi connectivity index (χ3v) is 5.93. The van der Waals surface area contributed by atoms with Gasteiger partial charge in [0.25, 0.3) is 0 Å². The number of hydrogen-bond donors (Lipinski definition) is 1. The number of ketones is 1. The van der Waals surface area contributed by atoms with E-state index >= 15 is 0 Å². The largest absolute Gasteiger partial charge is 0.508 e. The van der Waals surface area contributed by atoms with E-state index in [2.05, 4.69) is 16.9 Å². The summed E-state index contributed by atoms with van der Waals surface area (Å²) in [5.74, 6) is 0.316. The van der Waals surface area contributed by atoms with Gasteiger partial charge in [-0.25, -0.2) is 9.37 Å². The minimum Gasteiger partial charge on any atom is -0.508 e. The lowest BCUT2D eigenvalue weighted by Crippen LogP contribution is -2.15. The zero-order valence-corrected chi connectivity index (χ0v) is 17.0. The van der Waals surface area contributed by atoms with Gasteiger partial charge >= 0.3 is 0 Å². The third-order valence-electron chi connectivity index (χ3n) is 5.93. The number of phenolic OH excluding ortho intramolecular Hbond substituents is 1. The number of nitrogens with zero attached hydrogens (tertiary/aromatic N) is 2. The van der Waals surface area contributed by atoms with E-state index in [1.165, 1.54) is 30.5 Å². The lowest BCUT2D eigenvalue weighted by Gasteiger charge is -2.28. The normalized spacial score (nSPS) is 18.9. The number of rotatable bonds is 5. The molecule has 0 radical (unpaired) electrons. The molecule has 1 aromatic carbocycles. The summed E-state index contributed by atoms with van der Waals surface area (Å²) in [6.45, 7) is 2.29. The van der Waals surface area contributed by atoms with Crippen LogP contribution in [0.4, 0.5) is 4.39 Å². The molecule has 30 heavy (non-hydrogen) atoms. The highest BCUT2D eigenvalue weighted by Gasteiger charge is 2.23. The van der Waals surface area contributed by atoms with Gasteiger partial charge in [0.15, 0.2) is 5.78 Å². The molecule has 1 fully saturated rings. The fourth-order valence-corrected chi connectivity index (χ4v) is 4.42. The van der Waals surface area contributed by atoms with Gasteiger partial charge in [0.2, 0.25) is 0 Å². The van der Waals surface area contributed by atoms with Crippen LogP contribution < -0.4 is 0 Å². The molecule has 1 saturated carbocycles. The van der Waals surface area contributed by atoms with Crippen LogP contribution in [0.3, 0.4) is 0 Å². The van der Waals surface area contributed by atoms with Gasteiger partial charge in [-0.15, -0.1) is 0 Å². The predicted molar refractivity (Wildman–Crippen MR) is 114 cm³/mol. The maximum absolute atomic E-state index is 14.2. The lowest BCUT2D eigenvalue weighted by atomic mass is 9.77. The molecular formula is C25H25FN2O2. The molecule has 1 N–H and O–H groups in total. The molecular weight excluding hydrogens is 379 g/mol. The molecule has 0 unspecified atom stereocenters. The molecule has 3 aromatic rings. The number of carbonyl (C=O) groups is 1. The average molecular weight is 404 g/mol. The Morgan fingerprint density at radius 3 is 2.87 bits per heavy atom. The van der Waals surface area contributed by atoms with E-state index in [1.807, 2.05) is 6.07 Å². The van der Waals surface area contributed by atoms with E-state index in [9.17, 15) is 14.3 Å². The summed E-state index contributed by atoms with van der Waals surface area (Å²) in [4.78, 5) is 21.6. The van der Waals surface area contributed by atoms with Gasteiger partial charge in [0, 0.05) is 30.4 Å². The Hall–Kier alpha value is -3.08. The summed E-state index contributed by atoms with van der Waals surface area (Å²) in [6.07, 6.45) is 8.57. The number of benzene rings is 1. The monoisotopic (exact) mass is 404 g/mol. The van der Waals surface area contributed by atoms with E-state index in [1.54, 1.807) is 30.6 Å². The van der Waals surface area contributed by atoms with Crippen molar-refractivity contribution in [2.75, 3.05) is 0 Å². The Morgan fingerprint density at radius 1 is 1.20 bits per heavy atom. The second kappa shape index (κ2) is 8.74. The maximum Gasteiger partial charge on any atom is 0.185 e. The van der Waals surface area contributed by atoms with Crippen molar-refractivity contribution in [3.8, 4) is 17.0 Å². The molecule has 4 nitrogen and oxygen atoms in total. The molecule has 0 amide bonds. The Kier molecular flexibility index (Phi) is 5.88. The Labute approximate surface area is 175 Å². The van der Waals surface area contributed by atoms with Crippen molar-refractivity contribution in [2.45, 2.75) is 44.9 Å². The van der Waals surface area contributed by atoms with Crippen LogP contribution in [-0.2, 0) is 6.42 Å². The van der Waals surface area contributed by atoms with Crippen molar-refractivity contribution in [2.24, 2.45) is 5.92 Å². The van der Waals surface area contributed by atoms with Crippen LogP contribution >= 0.6 is 0 Å². The first-order valence-corrected chi connectivity index (χ1v) is 10.4. The smallest absolute Gasteiger partial charge is 0.185 e. The summed E-state index contributed by atoms with van der Waals surface area (Å²) >= 11 is 0. The maximum atomic E-state index is 14.2. The first-order valence-electron chi connectivity index (χ1n) is 10.4. The first-order chi connectivity index (χ1) is 14.5. The predicted octanol–water partition coefficient (Wildman–Crippen LogP) is 5.71. The molecule has 1 aliphatic carbocycles. The third kappa shape index (κ3) is 4.40. The molecule has 1 aliphatic rings. The van der Waals surface area contributed by atoms with Crippen LogP contribution in [0.25, 0.3) is 11.3 Å². The highest BCUT2D eigenvalue weighted by Crippen LogP contribution is 2.37. The average Bonchev–Trinajstić information content (AvgIpc) is 2.74. The van der Waals surface area contributed by atoms with Crippen molar-refractivity contribution >= 4 is 5.78 Å². The Bertz CT molecular complexity index is 1070. The number of phenols is 1. The lowest BCUT2D eigenvalue weighted by molar-refractivity contribution is 0.0987. The van der Waals surface area contributed by atoms with Gasteiger partial charge in [-0.3, -0.25) is 9.78 Å². The van der Waals surface area contributed by atoms with Gasteiger partial charge in [-0.2, -0.15) is 0 Å². The number of aromatic hydroxyl groups is 1. The van der Waals surface area contributed by atoms with Gasteiger partial charge in [0.05, 0.1) is 5.69 Å². The molecule has 2 atom stereocenters. The topological polar surface area (TPSA) is 63.1 Å². The van der Waals surface area contributed by atoms with Crippen LogP contribution in [0, 0.1) is 11.7 Å². The zero-order chi connectivity index (χ0) is 21.1. The summed E-state index contributed by atoms with van der Waals surface area (Å²) in [5, 5.41) is 9.42. The molecule has 0 spiro atoms. The molecule has 0 aliphatic heterocycles. The van der Waals surface area contributed by atoms with Crippen LogP contribution in [-0.4, -0.2) is 20.9 Å². The molecule has 0 bridgehead atoms. The SMILES string of the molecule is C[C@H]1CCC[C@@H](c2ccncc2CC(=O)c2cccc(-c3ccc(O)cc3F)n2)C1. The van der Waals surface area contributed by atoms with Crippen LogP contribution in [0.1, 0.15) is 60.1 Å². The van der Waals surface area contributed by atoms with Crippen LogP contribution in [0.5, 0.6) is 5.75 Å². The number of carbonyl (C=O) groups excluding carboxylic acids is 1. The molecule has 0 saturated heterocycles. The Morgan fingerprint density at radius 2 is 2.07 bits per heavy atom. The number of pyridine rings is 2. The zero-order valence-electron chi connectivity index (χ0n) is 17.0. The van der Waals surface area contributed by atoms with Crippen molar-refractivity contribution in [1.29, 1.82) is 0 Å². The van der Waals surface area contributed by atoms with Crippen LogP contribution in [0.15, 0.2) is 54.9 Å². The minimum atomic E-state index is -0.576. The molecule has 2 aromatic heterocycles. The summed E-state index contributed by atoms with van der Waals surface area (Å²) in [7, 11) is 0. The minimum absolute atomic E-state index is 0.117. The van der Waals surface area contributed by atoms with Crippen molar-refractivity contribution in [3.05, 3.63) is 77.5 Å². The first kappa shape index (κ1) is 20.2.